The Morgan fingerprint density at radius 2 is 2.04 bits per heavy atom. The van der Waals surface area contributed by atoms with Crippen LogP contribution in [0.2, 0.25) is 5.02 Å². The molecule has 0 aromatic heterocycles. The van der Waals surface area contributed by atoms with Gasteiger partial charge in [0.25, 0.3) is 5.91 Å². The van der Waals surface area contributed by atoms with Crippen LogP contribution < -0.4 is 14.8 Å². The number of benzene rings is 2. The number of hydrogen-bond acceptors (Lipinski definition) is 4. The summed E-state index contributed by atoms with van der Waals surface area (Å²) in [6, 6.07) is 8.23. The molecule has 0 aliphatic carbocycles. The van der Waals surface area contributed by atoms with E-state index in [2.05, 4.69) is 21.2 Å². The number of carbonyl (C=O) groups is 1. The van der Waals surface area contributed by atoms with Crippen molar-refractivity contribution in [3.8, 4) is 17.2 Å². The van der Waals surface area contributed by atoms with Crippen LogP contribution in [0.1, 0.15) is 35.8 Å². The van der Waals surface area contributed by atoms with E-state index in [1.54, 1.807) is 14.0 Å². The molecule has 0 saturated carbocycles. The Labute approximate surface area is 160 Å². The van der Waals surface area contributed by atoms with Gasteiger partial charge in [-0.3, -0.25) is 4.79 Å². The number of aromatic hydroxyl groups is 1. The highest BCUT2D eigenvalue weighted by atomic mass is 79.9. The summed E-state index contributed by atoms with van der Waals surface area (Å²) in [4.78, 5) is 12.5. The van der Waals surface area contributed by atoms with Crippen molar-refractivity contribution in [3.05, 3.63) is 51.0 Å². The first-order valence-electron chi connectivity index (χ1n) is 7.67. The van der Waals surface area contributed by atoms with Crippen LogP contribution in [-0.2, 0) is 0 Å². The van der Waals surface area contributed by atoms with Crippen LogP contribution in [0.4, 0.5) is 0 Å². The van der Waals surface area contributed by atoms with E-state index in [-0.39, 0.29) is 28.5 Å². The lowest BCUT2D eigenvalue weighted by Gasteiger charge is -2.16. The molecule has 0 saturated heterocycles. The molecular formula is C18H19BrClNO4. The molecule has 0 aliphatic heterocycles. The molecule has 2 N–H and O–H groups in total. The zero-order valence-electron chi connectivity index (χ0n) is 14.1. The third kappa shape index (κ3) is 4.58. The van der Waals surface area contributed by atoms with Crippen molar-refractivity contribution in [2.24, 2.45) is 0 Å². The van der Waals surface area contributed by atoms with Crippen molar-refractivity contribution in [2.75, 3.05) is 13.7 Å². The third-order valence-corrected chi connectivity index (χ3v) is 4.52. The van der Waals surface area contributed by atoms with Crippen LogP contribution in [0.15, 0.2) is 34.8 Å². The number of hydrogen-bond donors (Lipinski definition) is 2. The SMILES string of the molecule is CCOc1cc(C(=O)NC(C)c2ccc(OC)c(Br)c2)cc(Cl)c1O. The first kappa shape index (κ1) is 19.4. The second-order valence-electron chi connectivity index (χ2n) is 5.33. The molecule has 0 spiro atoms. The number of phenols is 1. The molecule has 0 heterocycles. The number of nitrogens with one attached hydrogen (secondary N) is 1. The number of phenolic OH excluding ortho intramolecular Hbond substituents is 1. The summed E-state index contributed by atoms with van der Waals surface area (Å²) in [5.41, 5.74) is 1.22. The molecule has 1 atom stereocenters. The average molecular weight is 429 g/mol. The highest BCUT2D eigenvalue weighted by Gasteiger charge is 2.17. The van der Waals surface area contributed by atoms with Gasteiger partial charge in [0, 0.05) is 5.56 Å². The van der Waals surface area contributed by atoms with Gasteiger partial charge in [-0.1, -0.05) is 17.7 Å². The van der Waals surface area contributed by atoms with Crippen LogP contribution >= 0.6 is 27.5 Å². The van der Waals surface area contributed by atoms with E-state index in [1.165, 1.54) is 12.1 Å². The van der Waals surface area contributed by atoms with Crippen molar-refractivity contribution in [1.82, 2.24) is 5.32 Å². The van der Waals surface area contributed by atoms with Crippen LogP contribution in [0.25, 0.3) is 0 Å². The maximum Gasteiger partial charge on any atom is 0.251 e. The van der Waals surface area contributed by atoms with Gasteiger partial charge in [-0.2, -0.15) is 0 Å². The van der Waals surface area contributed by atoms with E-state index in [4.69, 9.17) is 21.1 Å². The predicted molar refractivity (Wildman–Crippen MR) is 101 cm³/mol. The summed E-state index contributed by atoms with van der Waals surface area (Å²) < 4.78 is 11.3. The Balaban J connectivity index is 2.20. The Morgan fingerprint density at radius 1 is 1.32 bits per heavy atom. The van der Waals surface area contributed by atoms with Crippen molar-refractivity contribution in [3.63, 3.8) is 0 Å². The van der Waals surface area contributed by atoms with Crippen LogP contribution in [-0.4, -0.2) is 24.7 Å². The molecule has 2 aromatic rings. The van der Waals surface area contributed by atoms with Gasteiger partial charge in [-0.15, -0.1) is 0 Å². The van der Waals surface area contributed by atoms with Gasteiger partial charge in [0.05, 0.1) is 29.3 Å². The number of halogens is 2. The lowest BCUT2D eigenvalue weighted by Crippen LogP contribution is -2.26. The van der Waals surface area contributed by atoms with Crippen LogP contribution in [0.5, 0.6) is 17.2 Å². The molecule has 7 heteroatoms. The summed E-state index contributed by atoms with van der Waals surface area (Å²) in [6.07, 6.45) is 0. The molecule has 0 radical (unpaired) electrons. The molecule has 0 aliphatic rings. The molecule has 2 rings (SSSR count). The van der Waals surface area contributed by atoms with Gasteiger partial charge in [0.15, 0.2) is 11.5 Å². The van der Waals surface area contributed by atoms with Gasteiger partial charge in [0.1, 0.15) is 5.75 Å². The Bertz CT molecular complexity index is 782. The van der Waals surface area contributed by atoms with E-state index in [9.17, 15) is 9.90 Å². The standard InChI is InChI=1S/C18H19BrClNO4/c1-4-25-16-9-12(8-14(20)17(16)22)18(23)21-10(2)11-5-6-15(24-3)13(19)7-11/h5-10,22H,4H2,1-3H3,(H,21,23). The number of ether oxygens (including phenoxy) is 2. The van der Waals surface area contributed by atoms with Gasteiger partial charge in [-0.25, -0.2) is 0 Å². The lowest BCUT2D eigenvalue weighted by atomic mass is 10.1. The Kier molecular flexibility index (Phi) is 6.56. The van der Waals surface area contributed by atoms with Crippen molar-refractivity contribution in [1.29, 1.82) is 0 Å². The van der Waals surface area contributed by atoms with Crippen molar-refractivity contribution < 1.29 is 19.4 Å². The largest absolute Gasteiger partial charge is 0.503 e. The van der Waals surface area contributed by atoms with E-state index in [1.807, 2.05) is 25.1 Å². The second kappa shape index (κ2) is 8.45. The third-order valence-electron chi connectivity index (χ3n) is 3.61. The molecular weight excluding hydrogens is 410 g/mol. The zero-order valence-corrected chi connectivity index (χ0v) is 16.4. The fraction of sp³-hybridized carbons (Fsp3) is 0.278. The number of methoxy groups -OCH3 is 1. The van der Waals surface area contributed by atoms with Gasteiger partial charge in [-0.05, 0) is 59.6 Å². The lowest BCUT2D eigenvalue weighted by molar-refractivity contribution is 0.0939. The van der Waals surface area contributed by atoms with E-state index in [0.717, 1.165) is 10.0 Å². The molecule has 0 fully saturated rings. The highest BCUT2D eigenvalue weighted by molar-refractivity contribution is 9.10. The van der Waals surface area contributed by atoms with Gasteiger partial charge in [0.2, 0.25) is 0 Å². The molecule has 0 bridgehead atoms. The monoisotopic (exact) mass is 427 g/mol. The highest BCUT2D eigenvalue weighted by Crippen LogP contribution is 2.35. The topological polar surface area (TPSA) is 67.8 Å². The summed E-state index contributed by atoms with van der Waals surface area (Å²) in [5, 5.41) is 12.8. The number of carbonyl (C=O) groups excluding carboxylic acids is 1. The minimum atomic E-state index is -0.317. The summed E-state index contributed by atoms with van der Waals surface area (Å²) in [6.45, 7) is 4.01. The number of amides is 1. The Hall–Kier alpha value is -1.92. The van der Waals surface area contributed by atoms with Crippen LogP contribution in [0, 0.1) is 0 Å². The Morgan fingerprint density at radius 3 is 2.64 bits per heavy atom. The molecule has 134 valence electrons. The summed E-state index contributed by atoms with van der Waals surface area (Å²) in [5.74, 6) is 0.406. The van der Waals surface area contributed by atoms with Crippen molar-refractivity contribution >= 4 is 33.4 Å². The summed E-state index contributed by atoms with van der Waals surface area (Å²) in [7, 11) is 1.59. The maximum atomic E-state index is 12.5. The van der Waals surface area contributed by atoms with Crippen LogP contribution in [0.3, 0.4) is 0 Å². The van der Waals surface area contributed by atoms with Crippen molar-refractivity contribution in [2.45, 2.75) is 19.9 Å². The fourth-order valence-corrected chi connectivity index (χ4v) is 3.05. The minimum Gasteiger partial charge on any atom is -0.503 e. The second-order valence-corrected chi connectivity index (χ2v) is 6.59. The first-order chi connectivity index (χ1) is 11.9. The fourth-order valence-electron chi connectivity index (χ4n) is 2.29. The molecule has 1 unspecified atom stereocenters. The molecule has 2 aromatic carbocycles. The molecule has 5 nitrogen and oxygen atoms in total. The van der Waals surface area contributed by atoms with Gasteiger partial charge >= 0.3 is 0 Å². The molecule has 1 amide bonds. The zero-order chi connectivity index (χ0) is 18.6. The normalized spacial score (nSPS) is 11.7. The molecule has 25 heavy (non-hydrogen) atoms. The van der Waals surface area contributed by atoms with E-state index < -0.39 is 0 Å². The average Bonchev–Trinajstić information content (AvgIpc) is 2.58. The maximum absolute atomic E-state index is 12.5. The first-order valence-corrected chi connectivity index (χ1v) is 8.84. The summed E-state index contributed by atoms with van der Waals surface area (Å²) >= 11 is 9.41. The van der Waals surface area contributed by atoms with E-state index in [0.29, 0.717) is 17.9 Å². The quantitative estimate of drug-likeness (QED) is 0.699. The van der Waals surface area contributed by atoms with Gasteiger partial charge < -0.3 is 19.9 Å². The van der Waals surface area contributed by atoms with E-state index >= 15 is 0 Å². The number of rotatable bonds is 6. The predicted octanol–water partition coefficient (Wildman–Crippen LogP) is 4.71. The smallest absolute Gasteiger partial charge is 0.251 e. The minimum absolute atomic E-state index is 0.0657.